The zero-order valence-corrected chi connectivity index (χ0v) is 13.2. The second-order valence-electron chi connectivity index (χ2n) is 6.23. The minimum atomic E-state index is -4.65. The Balaban J connectivity index is 1.69. The van der Waals surface area contributed by atoms with Crippen molar-refractivity contribution in [2.75, 3.05) is 12.3 Å². The molecule has 5 atom stereocenters. The number of nitrogens with two attached hydrogens (primary N) is 1. The molecule has 2 aromatic heterocycles. The first kappa shape index (κ1) is 15.9. The number of nitrogens with zero attached hydrogens (tertiary/aromatic N) is 4. The topological polar surface area (TPSA) is 177 Å². The van der Waals surface area contributed by atoms with E-state index in [9.17, 15) is 14.8 Å². The summed E-state index contributed by atoms with van der Waals surface area (Å²) in [4.78, 5) is 29.9. The molecular formula is C12H16N5O6P. The van der Waals surface area contributed by atoms with E-state index < -0.39 is 31.5 Å². The summed E-state index contributed by atoms with van der Waals surface area (Å²) in [7, 11) is -4.65. The van der Waals surface area contributed by atoms with E-state index in [1.54, 1.807) is 4.57 Å². The maximum atomic E-state index is 10.9. The maximum absolute atomic E-state index is 10.9. The molecule has 24 heavy (non-hydrogen) atoms. The number of hydrogen-bond acceptors (Lipinski definition) is 8. The van der Waals surface area contributed by atoms with Crippen molar-refractivity contribution in [3.8, 4) is 0 Å². The van der Waals surface area contributed by atoms with Crippen molar-refractivity contribution in [3.63, 3.8) is 0 Å². The number of anilines is 1. The van der Waals surface area contributed by atoms with E-state index in [1.165, 1.54) is 12.7 Å². The number of hydrogen-bond donors (Lipinski definition) is 5. The van der Waals surface area contributed by atoms with E-state index in [0.717, 1.165) is 0 Å². The average molecular weight is 357 g/mol. The smallest absolute Gasteiger partial charge is 0.390 e. The van der Waals surface area contributed by atoms with Crippen molar-refractivity contribution < 1.29 is 29.1 Å². The zero-order chi connectivity index (χ0) is 17.3. The van der Waals surface area contributed by atoms with Crippen LogP contribution in [0, 0.1) is 11.8 Å². The molecule has 130 valence electrons. The summed E-state index contributed by atoms with van der Waals surface area (Å²) in [5.74, 6) is -0.617. The lowest BCUT2D eigenvalue weighted by Gasteiger charge is -2.24. The van der Waals surface area contributed by atoms with Crippen LogP contribution in [0.3, 0.4) is 0 Å². The highest BCUT2D eigenvalue weighted by molar-refractivity contribution is 7.46. The summed E-state index contributed by atoms with van der Waals surface area (Å²) in [6.45, 7) is -0.349. The summed E-state index contributed by atoms with van der Waals surface area (Å²) >= 11 is 0. The molecule has 0 spiro atoms. The van der Waals surface area contributed by atoms with E-state index >= 15 is 0 Å². The predicted molar refractivity (Wildman–Crippen MR) is 79.3 cm³/mol. The van der Waals surface area contributed by atoms with Crippen LogP contribution in [0.4, 0.5) is 5.82 Å². The van der Waals surface area contributed by atoms with Gasteiger partial charge in [-0.2, -0.15) is 0 Å². The standard InChI is InChI=1S/C12H16N5O6P/c13-10-7-11(15-3-14-10)17(4-16-7)12-1-6(12)5(8(18)9(12)19)2-23-24(20,21)22/h3-6,8-9,18-19H,1-2H2,(H2,13,14,15)(H2,20,21,22)/t5-,6+,8-,9-,12-/m0/s1. The normalized spacial score (nSPS) is 35.3. The first-order valence-electron chi connectivity index (χ1n) is 7.26. The zero-order valence-electron chi connectivity index (χ0n) is 12.3. The average Bonchev–Trinajstić information content (AvgIpc) is 3.00. The largest absolute Gasteiger partial charge is 0.469 e. The Labute approximate surface area is 135 Å². The van der Waals surface area contributed by atoms with Crippen LogP contribution in [0.1, 0.15) is 6.42 Å². The Hall–Kier alpha value is -1.62. The molecule has 0 aliphatic heterocycles. The van der Waals surface area contributed by atoms with Gasteiger partial charge in [-0.15, -0.1) is 0 Å². The van der Waals surface area contributed by atoms with Gasteiger partial charge in [0.25, 0.3) is 0 Å². The third-order valence-corrected chi connectivity index (χ3v) is 5.55. The molecule has 2 aromatic rings. The van der Waals surface area contributed by atoms with Gasteiger partial charge in [-0.1, -0.05) is 0 Å². The molecule has 2 saturated carbocycles. The molecule has 2 fully saturated rings. The van der Waals surface area contributed by atoms with Crippen molar-refractivity contribution >= 4 is 24.8 Å². The number of phosphoric acid groups is 1. The molecule has 0 unspecified atom stereocenters. The summed E-state index contributed by atoms with van der Waals surface area (Å²) < 4.78 is 17.1. The Morgan fingerprint density at radius 3 is 2.83 bits per heavy atom. The Morgan fingerprint density at radius 2 is 2.12 bits per heavy atom. The van der Waals surface area contributed by atoms with Crippen LogP contribution in [0.15, 0.2) is 12.7 Å². The highest BCUT2D eigenvalue weighted by Crippen LogP contribution is 2.65. The van der Waals surface area contributed by atoms with E-state index in [0.29, 0.717) is 17.6 Å². The quantitative estimate of drug-likeness (QED) is 0.408. The summed E-state index contributed by atoms with van der Waals surface area (Å²) in [6.07, 6.45) is 0.970. The fourth-order valence-electron chi connectivity index (χ4n) is 3.90. The number of imidazole rings is 1. The first-order valence-corrected chi connectivity index (χ1v) is 8.79. The number of phosphoric ester groups is 1. The first-order chi connectivity index (χ1) is 11.3. The maximum Gasteiger partial charge on any atom is 0.469 e. The highest BCUT2D eigenvalue weighted by Gasteiger charge is 2.72. The third kappa shape index (κ3) is 2.10. The molecule has 6 N–H and O–H groups in total. The van der Waals surface area contributed by atoms with E-state index in [-0.39, 0.29) is 18.3 Å². The van der Waals surface area contributed by atoms with Gasteiger partial charge in [0, 0.05) is 5.92 Å². The summed E-state index contributed by atoms with van der Waals surface area (Å²) in [5.41, 5.74) is 5.76. The lowest BCUT2D eigenvalue weighted by Crippen LogP contribution is -2.39. The van der Waals surface area contributed by atoms with Crippen LogP contribution in [0.25, 0.3) is 11.2 Å². The van der Waals surface area contributed by atoms with Gasteiger partial charge < -0.3 is 30.3 Å². The SMILES string of the molecule is Nc1ncnc2c1ncn2[C@@]12C[C@@H]1[C@H](COP(=O)(O)O)[C@H](O)[C@@H]2O. The molecule has 11 nitrogen and oxygen atoms in total. The third-order valence-electron chi connectivity index (χ3n) is 5.07. The molecule has 4 rings (SSSR count). The van der Waals surface area contributed by atoms with Crippen LogP contribution >= 0.6 is 7.82 Å². The molecule has 2 aliphatic carbocycles. The van der Waals surface area contributed by atoms with Crippen LogP contribution < -0.4 is 5.73 Å². The van der Waals surface area contributed by atoms with Crippen molar-refractivity contribution in [3.05, 3.63) is 12.7 Å². The fraction of sp³-hybridized carbons (Fsp3) is 0.583. The van der Waals surface area contributed by atoms with Gasteiger partial charge in [-0.05, 0) is 12.3 Å². The van der Waals surface area contributed by atoms with Gasteiger partial charge in [-0.25, -0.2) is 19.5 Å². The van der Waals surface area contributed by atoms with E-state index in [4.69, 9.17) is 15.5 Å². The number of nitrogen functional groups attached to an aromatic ring is 1. The van der Waals surface area contributed by atoms with Crippen molar-refractivity contribution in [1.29, 1.82) is 0 Å². The minimum Gasteiger partial charge on any atom is -0.390 e. The van der Waals surface area contributed by atoms with Crippen molar-refractivity contribution in [1.82, 2.24) is 19.5 Å². The van der Waals surface area contributed by atoms with Crippen LogP contribution in [-0.4, -0.2) is 58.3 Å². The Morgan fingerprint density at radius 1 is 1.38 bits per heavy atom. The molecule has 0 amide bonds. The van der Waals surface area contributed by atoms with Gasteiger partial charge in [0.2, 0.25) is 0 Å². The van der Waals surface area contributed by atoms with Gasteiger partial charge in [0.05, 0.1) is 24.6 Å². The van der Waals surface area contributed by atoms with Crippen LogP contribution in [-0.2, 0) is 14.6 Å². The molecule has 0 saturated heterocycles. The monoisotopic (exact) mass is 357 g/mol. The molecule has 0 bridgehead atoms. The van der Waals surface area contributed by atoms with E-state index in [2.05, 4.69) is 19.5 Å². The molecule has 0 aromatic carbocycles. The predicted octanol–water partition coefficient (Wildman–Crippen LogP) is -1.42. The molecular weight excluding hydrogens is 341 g/mol. The molecule has 2 heterocycles. The minimum absolute atomic E-state index is 0.210. The van der Waals surface area contributed by atoms with E-state index in [1.807, 2.05) is 0 Å². The van der Waals surface area contributed by atoms with Crippen molar-refractivity contribution in [2.45, 2.75) is 24.2 Å². The molecule has 0 radical (unpaired) electrons. The summed E-state index contributed by atoms with van der Waals surface area (Å²) in [5, 5.41) is 20.8. The second-order valence-corrected chi connectivity index (χ2v) is 7.47. The highest BCUT2D eigenvalue weighted by atomic mass is 31.2. The molecule has 12 heteroatoms. The fourth-order valence-corrected chi connectivity index (χ4v) is 4.26. The van der Waals surface area contributed by atoms with Gasteiger partial charge in [-0.3, -0.25) is 4.52 Å². The lowest BCUT2D eigenvalue weighted by atomic mass is 10.0. The lowest BCUT2D eigenvalue weighted by molar-refractivity contribution is -0.0270. The Bertz CT molecular complexity index is 854. The number of aliphatic hydroxyl groups is 2. The number of fused-ring (bicyclic) bond motifs is 2. The Kier molecular flexibility index (Phi) is 3.27. The van der Waals surface area contributed by atoms with Gasteiger partial charge in [0.15, 0.2) is 11.5 Å². The number of aromatic nitrogens is 4. The van der Waals surface area contributed by atoms with Gasteiger partial charge >= 0.3 is 7.82 Å². The van der Waals surface area contributed by atoms with Crippen LogP contribution in [0.2, 0.25) is 0 Å². The summed E-state index contributed by atoms with van der Waals surface area (Å²) in [6, 6.07) is 0. The second kappa shape index (κ2) is 4.94. The number of rotatable bonds is 4. The van der Waals surface area contributed by atoms with Crippen molar-refractivity contribution in [2.24, 2.45) is 11.8 Å². The van der Waals surface area contributed by atoms with Gasteiger partial charge in [0.1, 0.15) is 17.9 Å². The number of aliphatic hydroxyl groups excluding tert-OH is 2. The molecule has 2 aliphatic rings. The van der Waals surface area contributed by atoms with Crippen LogP contribution in [0.5, 0.6) is 0 Å².